The van der Waals surface area contributed by atoms with E-state index in [9.17, 15) is 14.4 Å². The normalized spacial score (nSPS) is 11.9. The molecule has 0 bridgehead atoms. The summed E-state index contributed by atoms with van der Waals surface area (Å²) in [5.74, 6) is -0.506. The van der Waals surface area contributed by atoms with Crippen molar-refractivity contribution in [2.24, 2.45) is 11.5 Å². The number of pyridine rings is 1. The van der Waals surface area contributed by atoms with E-state index in [0.29, 0.717) is 23.8 Å². The molecule has 2 aromatic heterocycles. The molecule has 0 fully saturated rings. The van der Waals surface area contributed by atoms with Gasteiger partial charge in [-0.1, -0.05) is 43.8 Å². The highest BCUT2D eigenvalue weighted by molar-refractivity contribution is 5.85. The van der Waals surface area contributed by atoms with E-state index < -0.39 is 29.5 Å². The highest BCUT2D eigenvalue weighted by Gasteiger charge is 2.28. The average Bonchev–Trinajstić information content (AvgIpc) is 3.30. The molecule has 3 amide bonds. The number of aromatic nitrogens is 3. The van der Waals surface area contributed by atoms with E-state index in [1.54, 1.807) is 36.4 Å². The van der Waals surface area contributed by atoms with E-state index in [1.165, 1.54) is 11.9 Å². The molecule has 12 heteroatoms. The third-order valence-electron chi connectivity index (χ3n) is 5.48. The smallest absolute Gasteiger partial charge is 0.409 e. The summed E-state index contributed by atoms with van der Waals surface area (Å²) in [6.07, 6.45) is -0.590. The zero-order chi connectivity index (χ0) is 27.0. The predicted octanol–water partition coefficient (Wildman–Crippen LogP) is 1.92. The second-order valence-electron chi connectivity index (χ2n) is 9.21. The average molecular weight is 528 g/mol. The summed E-state index contributed by atoms with van der Waals surface area (Å²) >= 11 is 0. The summed E-state index contributed by atoms with van der Waals surface area (Å²) in [5, 5.41) is 11.4. The van der Waals surface area contributed by atoms with Crippen LogP contribution in [0.3, 0.4) is 0 Å². The lowest BCUT2D eigenvalue weighted by Gasteiger charge is -2.24. The molecule has 0 spiro atoms. The van der Waals surface area contributed by atoms with Crippen molar-refractivity contribution in [3.63, 3.8) is 0 Å². The number of nitrogens with two attached hydrogens (primary N) is 2. The Morgan fingerprint density at radius 1 is 1.08 bits per heavy atom. The fourth-order valence-electron chi connectivity index (χ4n) is 3.38. The van der Waals surface area contributed by atoms with Crippen LogP contribution in [-0.4, -0.2) is 63.1 Å². The van der Waals surface area contributed by atoms with Gasteiger partial charge in [-0.2, -0.15) is 0 Å². The van der Waals surface area contributed by atoms with Crippen LogP contribution in [0, 0.1) is 0 Å². The summed E-state index contributed by atoms with van der Waals surface area (Å²) in [4.78, 5) is 37.4. The number of hydrogen-bond donors (Lipinski definition) is 3. The van der Waals surface area contributed by atoms with Gasteiger partial charge in [0.2, 0.25) is 11.8 Å². The lowest BCUT2D eigenvalue weighted by Crippen LogP contribution is -2.51. The number of rotatable bonds is 12. The standard InChI is InChI=1S/C25H33N7O5.CH4/c1-25(2,27)23(34)28-19(16-36-14-17-8-5-4-6-9-17)22-30-29-21-11-7-10-18(32(21)22)15-37-24(35)31(3)13-12-20(26)33;/h4-11,19H,12-16,27H2,1-3H3,(H2,26,33)(H,28,34);1H4/t19-;/m1./s1. The first kappa shape index (κ1) is 30.2. The summed E-state index contributed by atoms with van der Waals surface area (Å²) in [5.41, 5.74) is 12.1. The van der Waals surface area contributed by atoms with Crippen LogP contribution in [0.2, 0.25) is 0 Å². The third-order valence-corrected chi connectivity index (χ3v) is 5.48. The molecule has 2 heterocycles. The molecule has 1 atom stereocenters. The Hall–Kier alpha value is -4.03. The maximum atomic E-state index is 12.8. The van der Waals surface area contributed by atoms with Crippen molar-refractivity contribution in [3.8, 4) is 0 Å². The fourth-order valence-corrected chi connectivity index (χ4v) is 3.38. The van der Waals surface area contributed by atoms with E-state index in [0.717, 1.165) is 5.56 Å². The number of nitrogens with zero attached hydrogens (tertiary/aromatic N) is 4. The molecule has 1 aromatic carbocycles. The minimum Gasteiger partial charge on any atom is -0.443 e. The highest BCUT2D eigenvalue weighted by atomic mass is 16.6. The van der Waals surface area contributed by atoms with Crippen molar-refractivity contribution in [2.75, 3.05) is 20.2 Å². The van der Waals surface area contributed by atoms with Crippen molar-refractivity contribution < 1.29 is 23.9 Å². The Labute approximate surface area is 222 Å². The van der Waals surface area contributed by atoms with Crippen LogP contribution in [0.4, 0.5) is 4.79 Å². The molecule has 5 N–H and O–H groups in total. The lowest BCUT2D eigenvalue weighted by atomic mass is 10.1. The van der Waals surface area contributed by atoms with Gasteiger partial charge >= 0.3 is 6.09 Å². The molecule has 12 nitrogen and oxygen atoms in total. The van der Waals surface area contributed by atoms with Gasteiger partial charge in [0.25, 0.3) is 0 Å². The molecule has 0 aliphatic carbocycles. The zero-order valence-electron chi connectivity index (χ0n) is 21.2. The zero-order valence-corrected chi connectivity index (χ0v) is 21.2. The molecular formula is C26H37N7O5. The molecule has 3 aromatic rings. The van der Waals surface area contributed by atoms with E-state index >= 15 is 0 Å². The van der Waals surface area contributed by atoms with Crippen LogP contribution in [0.15, 0.2) is 48.5 Å². The van der Waals surface area contributed by atoms with Gasteiger partial charge < -0.3 is 31.2 Å². The largest absolute Gasteiger partial charge is 0.443 e. The Balaban J connectivity index is 0.00000507. The molecule has 206 valence electrons. The van der Waals surface area contributed by atoms with Crippen LogP contribution >= 0.6 is 0 Å². The maximum absolute atomic E-state index is 12.8. The molecule has 38 heavy (non-hydrogen) atoms. The second kappa shape index (κ2) is 13.5. The van der Waals surface area contributed by atoms with Gasteiger partial charge in [-0.15, -0.1) is 10.2 Å². The SMILES string of the molecule is C.CN(CCC(N)=O)C(=O)OCc1cccc2nnc([C@@H](COCc3ccccc3)NC(=O)C(C)(C)N)n12. The van der Waals surface area contributed by atoms with Gasteiger partial charge in [-0.25, -0.2) is 4.79 Å². The quantitative estimate of drug-likeness (QED) is 0.321. The summed E-state index contributed by atoms with van der Waals surface area (Å²) in [6, 6.07) is 14.2. The topological polar surface area (TPSA) is 167 Å². The number of amides is 3. The first-order valence-electron chi connectivity index (χ1n) is 11.8. The van der Waals surface area contributed by atoms with Gasteiger partial charge in [-0.05, 0) is 31.5 Å². The number of nitrogens with one attached hydrogen (secondary N) is 1. The number of carbonyl (C=O) groups excluding carboxylic acids is 3. The van der Waals surface area contributed by atoms with Crippen LogP contribution in [0.25, 0.3) is 5.65 Å². The van der Waals surface area contributed by atoms with Crippen LogP contribution < -0.4 is 16.8 Å². The molecule has 0 aliphatic rings. The molecule has 0 radical (unpaired) electrons. The summed E-state index contributed by atoms with van der Waals surface area (Å²) in [7, 11) is 1.51. The number of hydrogen-bond acceptors (Lipinski definition) is 8. The highest BCUT2D eigenvalue weighted by Crippen LogP contribution is 2.19. The summed E-state index contributed by atoms with van der Waals surface area (Å²) < 4.78 is 13.1. The van der Waals surface area contributed by atoms with Crippen molar-refractivity contribution in [1.29, 1.82) is 0 Å². The molecule has 3 rings (SSSR count). The lowest BCUT2D eigenvalue weighted by molar-refractivity contribution is -0.126. The first-order valence-corrected chi connectivity index (χ1v) is 11.8. The van der Waals surface area contributed by atoms with Crippen molar-refractivity contribution in [2.45, 2.75) is 52.5 Å². The van der Waals surface area contributed by atoms with E-state index in [-0.39, 0.29) is 33.6 Å². The second-order valence-corrected chi connectivity index (χ2v) is 9.21. The van der Waals surface area contributed by atoms with Crippen molar-refractivity contribution >= 4 is 23.6 Å². The third kappa shape index (κ3) is 8.25. The summed E-state index contributed by atoms with van der Waals surface area (Å²) in [6.45, 7) is 3.67. The monoisotopic (exact) mass is 527 g/mol. The minimum absolute atomic E-state index is 0. The van der Waals surface area contributed by atoms with E-state index in [1.807, 2.05) is 30.3 Å². The molecule has 0 unspecified atom stereocenters. The van der Waals surface area contributed by atoms with Crippen LogP contribution in [0.1, 0.15) is 50.8 Å². The molecule has 0 aliphatic heterocycles. The number of benzene rings is 1. The maximum Gasteiger partial charge on any atom is 0.409 e. The van der Waals surface area contributed by atoms with Crippen LogP contribution in [-0.2, 0) is 32.3 Å². The fraction of sp³-hybridized carbons (Fsp3) is 0.423. The van der Waals surface area contributed by atoms with E-state index in [2.05, 4.69) is 15.5 Å². The van der Waals surface area contributed by atoms with Crippen molar-refractivity contribution in [1.82, 2.24) is 24.8 Å². The first-order chi connectivity index (χ1) is 17.6. The Morgan fingerprint density at radius 2 is 1.79 bits per heavy atom. The van der Waals surface area contributed by atoms with Gasteiger partial charge in [0.1, 0.15) is 12.6 Å². The number of ether oxygens (including phenoxy) is 2. The number of fused-ring (bicyclic) bond motifs is 1. The number of carbonyl (C=O) groups is 3. The predicted molar refractivity (Wildman–Crippen MR) is 142 cm³/mol. The van der Waals surface area contributed by atoms with Gasteiger partial charge in [-0.3, -0.25) is 14.0 Å². The van der Waals surface area contributed by atoms with Crippen molar-refractivity contribution in [3.05, 3.63) is 65.6 Å². The minimum atomic E-state index is -1.13. The Bertz CT molecular complexity index is 1220. The van der Waals surface area contributed by atoms with Crippen LogP contribution in [0.5, 0.6) is 0 Å². The molecular weight excluding hydrogens is 490 g/mol. The molecule has 0 saturated heterocycles. The Morgan fingerprint density at radius 3 is 2.45 bits per heavy atom. The van der Waals surface area contributed by atoms with E-state index in [4.69, 9.17) is 20.9 Å². The van der Waals surface area contributed by atoms with Gasteiger partial charge in [0.05, 0.1) is 24.4 Å². The number of primary amides is 1. The van der Waals surface area contributed by atoms with Gasteiger partial charge in [0, 0.05) is 20.0 Å². The van der Waals surface area contributed by atoms with Gasteiger partial charge in [0.15, 0.2) is 11.5 Å². The Kier molecular flexibility index (Phi) is 10.7. The molecule has 0 saturated carbocycles.